The SMILES string of the molecule is O=C(O)[C@@H]1CCCCN1C(=O)C1CNCc2ccccc21. The third kappa shape index (κ3) is 2.65. The van der Waals surface area contributed by atoms with Gasteiger partial charge in [0.2, 0.25) is 5.91 Å². The van der Waals surface area contributed by atoms with Crippen LogP contribution in [0, 0.1) is 0 Å². The largest absolute Gasteiger partial charge is 0.480 e. The summed E-state index contributed by atoms with van der Waals surface area (Å²) in [6.07, 6.45) is 2.32. The summed E-state index contributed by atoms with van der Waals surface area (Å²) in [7, 11) is 0. The molecule has 5 heteroatoms. The molecule has 0 spiro atoms. The molecule has 2 atom stereocenters. The Balaban J connectivity index is 1.86. The van der Waals surface area contributed by atoms with E-state index < -0.39 is 12.0 Å². The third-order valence-corrected chi connectivity index (χ3v) is 4.46. The molecule has 2 aliphatic heterocycles. The normalized spacial score (nSPS) is 25.2. The molecule has 21 heavy (non-hydrogen) atoms. The predicted molar refractivity (Wildman–Crippen MR) is 77.9 cm³/mol. The number of carbonyl (C=O) groups excluding carboxylic acids is 1. The number of hydrogen-bond acceptors (Lipinski definition) is 3. The smallest absolute Gasteiger partial charge is 0.326 e. The lowest BCUT2D eigenvalue weighted by molar-refractivity contribution is -0.152. The molecule has 0 bridgehead atoms. The number of aliphatic carboxylic acids is 1. The van der Waals surface area contributed by atoms with Crippen LogP contribution in [0.1, 0.15) is 36.3 Å². The fourth-order valence-electron chi connectivity index (χ4n) is 3.37. The van der Waals surface area contributed by atoms with Gasteiger partial charge in [-0.1, -0.05) is 24.3 Å². The van der Waals surface area contributed by atoms with Crippen LogP contribution in [0.2, 0.25) is 0 Å². The molecule has 5 nitrogen and oxygen atoms in total. The van der Waals surface area contributed by atoms with E-state index in [1.54, 1.807) is 4.90 Å². The molecule has 2 heterocycles. The highest BCUT2D eigenvalue weighted by molar-refractivity contribution is 5.89. The van der Waals surface area contributed by atoms with Gasteiger partial charge in [0.1, 0.15) is 6.04 Å². The lowest BCUT2D eigenvalue weighted by Gasteiger charge is -2.37. The van der Waals surface area contributed by atoms with Crippen LogP contribution in [-0.4, -0.2) is 41.0 Å². The van der Waals surface area contributed by atoms with Crippen molar-refractivity contribution in [3.05, 3.63) is 35.4 Å². The van der Waals surface area contributed by atoms with Crippen molar-refractivity contribution < 1.29 is 14.7 Å². The van der Waals surface area contributed by atoms with E-state index >= 15 is 0 Å². The molecule has 1 aromatic carbocycles. The van der Waals surface area contributed by atoms with Crippen LogP contribution >= 0.6 is 0 Å². The molecule has 1 amide bonds. The molecule has 1 unspecified atom stereocenters. The van der Waals surface area contributed by atoms with Crippen LogP contribution < -0.4 is 5.32 Å². The molecule has 3 rings (SSSR count). The van der Waals surface area contributed by atoms with Gasteiger partial charge in [-0.15, -0.1) is 0 Å². The zero-order valence-electron chi connectivity index (χ0n) is 11.9. The Morgan fingerprint density at radius 2 is 2.05 bits per heavy atom. The van der Waals surface area contributed by atoms with Crippen molar-refractivity contribution >= 4 is 11.9 Å². The maximum Gasteiger partial charge on any atom is 0.326 e. The zero-order valence-corrected chi connectivity index (χ0v) is 11.9. The Kier molecular flexibility index (Phi) is 3.92. The van der Waals surface area contributed by atoms with E-state index in [2.05, 4.69) is 5.32 Å². The summed E-state index contributed by atoms with van der Waals surface area (Å²) in [5.74, 6) is -1.21. The van der Waals surface area contributed by atoms with Gasteiger partial charge in [-0.05, 0) is 30.4 Å². The highest BCUT2D eigenvalue weighted by atomic mass is 16.4. The lowest BCUT2D eigenvalue weighted by Crippen LogP contribution is -2.51. The first kappa shape index (κ1) is 14.1. The predicted octanol–water partition coefficient (Wildman–Crippen LogP) is 1.34. The number of likely N-dealkylation sites (tertiary alicyclic amines) is 1. The van der Waals surface area contributed by atoms with Gasteiger partial charge in [0.25, 0.3) is 0 Å². The van der Waals surface area contributed by atoms with Crippen molar-refractivity contribution in [2.45, 2.75) is 37.8 Å². The number of nitrogens with zero attached hydrogens (tertiary/aromatic N) is 1. The molecule has 112 valence electrons. The van der Waals surface area contributed by atoms with Gasteiger partial charge in [-0.2, -0.15) is 0 Å². The number of carboxylic acid groups (broad SMARTS) is 1. The zero-order chi connectivity index (χ0) is 14.8. The number of amides is 1. The molecule has 1 fully saturated rings. The Morgan fingerprint density at radius 1 is 1.24 bits per heavy atom. The van der Waals surface area contributed by atoms with Crippen molar-refractivity contribution in [3.63, 3.8) is 0 Å². The summed E-state index contributed by atoms with van der Waals surface area (Å²) < 4.78 is 0. The third-order valence-electron chi connectivity index (χ3n) is 4.46. The number of piperidine rings is 1. The van der Waals surface area contributed by atoms with E-state index in [1.165, 1.54) is 0 Å². The van der Waals surface area contributed by atoms with Gasteiger partial charge < -0.3 is 15.3 Å². The molecule has 0 aliphatic carbocycles. The van der Waals surface area contributed by atoms with Gasteiger partial charge in [-0.3, -0.25) is 4.79 Å². The van der Waals surface area contributed by atoms with E-state index in [0.717, 1.165) is 30.5 Å². The topological polar surface area (TPSA) is 69.6 Å². The lowest BCUT2D eigenvalue weighted by atomic mass is 9.88. The Hall–Kier alpha value is -1.88. The van der Waals surface area contributed by atoms with Gasteiger partial charge in [0.05, 0.1) is 5.92 Å². The molecule has 2 aliphatic rings. The average Bonchev–Trinajstić information content (AvgIpc) is 2.53. The number of rotatable bonds is 2. The van der Waals surface area contributed by atoms with Crippen molar-refractivity contribution in [1.29, 1.82) is 0 Å². The Bertz CT molecular complexity index is 558. The van der Waals surface area contributed by atoms with Crippen LogP contribution in [0.3, 0.4) is 0 Å². The second-order valence-corrected chi connectivity index (χ2v) is 5.76. The van der Waals surface area contributed by atoms with Crippen LogP contribution in [0.4, 0.5) is 0 Å². The maximum atomic E-state index is 12.9. The minimum atomic E-state index is -0.889. The van der Waals surface area contributed by atoms with E-state index in [4.69, 9.17) is 0 Å². The molecule has 2 N–H and O–H groups in total. The summed E-state index contributed by atoms with van der Waals surface area (Å²) in [4.78, 5) is 25.8. The molecular formula is C16H20N2O3. The summed E-state index contributed by atoms with van der Waals surface area (Å²) in [5.41, 5.74) is 2.17. The molecule has 1 saturated heterocycles. The van der Waals surface area contributed by atoms with Crippen molar-refractivity contribution in [1.82, 2.24) is 10.2 Å². The monoisotopic (exact) mass is 288 g/mol. The van der Waals surface area contributed by atoms with Gasteiger partial charge in [0, 0.05) is 19.6 Å². The van der Waals surface area contributed by atoms with Crippen molar-refractivity contribution in [2.24, 2.45) is 0 Å². The van der Waals surface area contributed by atoms with Crippen LogP contribution in [0.15, 0.2) is 24.3 Å². The molecule has 0 radical (unpaired) electrons. The average molecular weight is 288 g/mol. The first-order chi connectivity index (χ1) is 10.2. The first-order valence-corrected chi connectivity index (χ1v) is 7.50. The summed E-state index contributed by atoms with van der Waals surface area (Å²) >= 11 is 0. The standard InChI is InChI=1S/C16H20N2O3/c19-15(18-8-4-3-7-14(18)16(20)21)13-10-17-9-11-5-1-2-6-12(11)13/h1-2,5-6,13-14,17H,3-4,7-10H2,(H,20,21)/t13?,14-/m0/s1. The summed E-state index contributed by atoms with van der Waals surface area (Å²) in [6.45, 7) is 1.90. The Labute approximate surface area is 123 Å². The summed E-state index contributed by atoms with van der Waals surface area (Å²) in [5, 5.41) is 12.6. The van der Waals surface area contributed by atoms with Crippen molar-refractivity contribution in [2.75, 3.05) is 13.1 Å². The fraction of sp³-hybridized carbons (Fsp3) is 0.500. The van der Waals surface area contributed by atoms with Crippen LogP contribution in [-0.2, 0) is 16.1 Å². The number of fused-ring (bicyclic) bond motifs is 1. The van der Waals surface area contributed by atoms with Crippen LogP contribution in [0.5, 0.6) is 0 Å². The van der Waals surface area contributed by atoms with E-state index in [1.807, 2.05) is 24.3 Å². The second kappa shape index (κ2) is 5.85. The molecule has 0 aromatic heterocycles. The minimum absolute atomic E-state index is 0.0539. The molecule has 0 saturated carbocycles. The van der Waals surface area contributed by atoms with E-state index in [0.29, 0.717) is 19.5 Å². The highest BCUT2D eigenvalue weighted by Gasteiger charge is 2.37. The van der Waals surface area contributed by atoms with Gasteiger partial charge in [0.15, 0.2) is 0 Å². The highest BCUT2D eigenvalue weighted by Crippen LogP contribution is 2.28. The van der Waals surface area contributed by atoms with E-state index in [-0.39, 0.29) is 11.8 Å². The first-order valence-electron chi connectivity index (χ1n) is 7.50. The summed E-state index contributed by atoms with van der Waals surface area (Å²) in [6, 6.07) is 7.25. The fourth-order valence-corrected chi connectivity index (χ4v) is 3.37. The maximum absolute atomic E-state index is 12.9. The van der Waals surface area contributed by atoms with Crippen LogP contribution in [0.25, 0.3) is 0 Å². The minimum Gasteiger partial charge on any atom is -0.480 e. The molecular weight excluding hydrogens is 268 g/mol. The number of nitrogens with one attached hydrogen (secondary N) is 1. The molecule has 1 aromatic rings. The number of carboxylic acids is 1. The second-order valence-electron chi connectivity index (χ2n) is 5.76. The van der Waals surface area contributed by atoms with Gasteiger partial charge in [-0.25, -0.2) is 4.79 Å². The van der Waals surface area contributed by atoms with Gasteiger partial charge >= 0.3 is 5.97 Å². The Morgan fingerprint density at radius 3 is 2.86 bits per heavy atom. The quantitative estimate of drug-likeness (QED) is 0.861. The number of hydrogen-bond donors (Lipinski definition) is 2. The van der Waals surface area contributed by atoms with Crippen molar-refractivity contribution in [3.8, 4) is 0 Å². The number of benzene rings is 1. The van der Waals surface area contributed by atoms with E-state index in [9.17, 15) is 14.7 Å². The number of carbonyl (C=O) groups is 2.